The molecule has 0 unspecified atom stereocenters. The van der Waals surface area contributed by atoms with Crippen molar-refractivity contribution in [3.63, 3.8) is 0 Å². The molecule has 5 aliphatic heterocycles. The highest BCUT2D eigenvalue weighted by Gasteiger charge is 2.61. The Hall–Kier alpha value is -8.46. The first-order valence-electron chi connectivity index (χ1n) is 26.0. The zero-order valence-electron chi connectivity index (χ0n) is 45.1. The largest absolute Gasteiger partial charge is 0.496 e. The van der Waals surface area contributed by atoms with Gasteiger partial charge in [-0.2, -0.15) is 0 Å². The fourth-order valence-corrected chi connectivity index (χ4v) is 11.7. The normalized spacial score (nSPS) is 17.5. The van der Waals surface area contributed by atoms with Crippen molar-refractivity contribution in [2.24, 2.45) is 0 Å². The van der Waals surface area contributed by atoms with E-state index in [9.17, 15) is 19.2 Å². The summed E-state index contributed by atoms with van der Waals surface area (Å²) in [5, 5.41) is 4.13. The number of para-hydroxylation sites is 2. The van der Waals surface area contributed by atoms with Crippen LogP contribution in [0.1, 0.15) is 50.2 Å². The fourth-order valence-electron chi connectivity index (χ4n) is 11.2. The predicted molar refractivity (Wildman–Crippen MR) is 310 cm³/mol. The summed E-state index contributed by atoms with van der Waals surface area (Å²) in [6.45, 7) is 10.0. The predicted octanol–water partition coefficient (Wildman–Crippen LogP) is 8.57. The number of likely N-dealkylation sites (tertiary alicyclic amines) is 2. The molecule has 3 saturated heterocycles. The topological polar surface area (TPSA) is 222 Å². The zero-order valence-corrected chi connectivity index (χ0v) is 46.6. The Labute approximate surface area is 471 Å². The summed E-state index contributed by atoms with van der Waals surface area (Å²) in [4.78, 5) is 75.7. The summed E-state index contributed by atoms with van der Waals surface area (Å²) in [5.74, 6) is 0.908. The molecular weight excluding hydrogens is 1080 g/mol. The molecule has 8 aromatic rings. The van der Waals surface area contributed by atoms with Crippen molar-refractivity contribution in [3.05, 3.63) is 173 Å². The highest BCUT2D eigenvalue weighted by atomic mass is 79.9. The van der Waals surface area contributed by atoms with Gasteiger partial charge in [-0.25, -0.2) is 19.6 Å². The first-order valence-corrected chi connectivity index (χ1v) is 26.8. The number of benzene rings is 4. The number of nitrogens with zero attached hydrogens (tertiary/aromatic N) is 8. The molecule has 80 heavy (non-hydrogen) atoms. The molecule has 0 saturated carbocycles. The van der Waals surface area contributed by atoms with Gasteiger partial charge in [0.15, 0.2) is 0 Å². The highest BCUT2D eigenvalue weighted by molar-refractivity contribution is 9.10. The van der Waals surface area contributed by atoms with E-state index in [1.807, 2.05) is 149 Å². The Morgan fingerprint density at radius 1 is 0.575 bits per heavy atom. The number of carbonyl (C=O) groups is 4. The van der Waals surface area contributed by atoms with Gasteiger partial charge in [0.2, 0.25) is 11.8 Å². The van der Waals surface area contributed by atoms with Gasteiger partial charge in [0, 0.05) is 94.2 Å². The van der Waals surface area contributed by atoms with Crippen LogP contribution in [0, 0.1) is 0 Å². The van der Waals surface area contributed by atoms with E-state index in [0.29, 0.717) is 50.9 Å². The van der Waals surface area contributed by atoms with Gasteiger partial charge in [-0.3, -0.25) is 19.6 Å². The van der Waals surface area contributed by atoms with E-state index >= 15 is 0 Å². The van der Waals surface area contributed by atoms with Crippen molar-refractivity contribution < 1.29 is 38.0 Å². The molecule has 18 nitrogen and oxygen atoms in total. The van der Waals surface area contributed by atoms with Gasteiger partial charge in [0.1, 0.15) is 22.5 Å². The maximum atomic E-state index is 13.9. The van der Waals surface area contributed by atoms with E-state index in [-0.39, 0.29) is 30.1 Å². The molecule has 406 valence electrons. The van der Waals surface area contributed by atoms with E-state index in [1.54, 1.807) is 44.1 Å². The molecule has 5 aliphatic rings. The van der Waals surface area contributed by atoms with Gasteiger partial charge in [0.05, 0.1) is 49.9 Å². The molecular formula is C60H58BBrN10O8. The molecule has 4 aromatic carbocycles. The van der Waals surface area contributed by atoms with Gasteiger partial charge < -0.3 is 49.8 Å². The first kappa shape index (κ1) is 53.5. The summed E-state index contributed by atoms with van der Waals surface area (Å²) in [6, 6.07) is 38.9. The third-order valence-electron chi connectivity index (χ3n) is 16.2. The number of hydrogen-bond acceptors (Lipinski definition) is 14. The summed E-state index contributed by atoms with van der Waals surface area (Å²) in [7, 11) is 2.34. The Balaban J connectivity index is 0.000000135. The fraction of sp³-hybridized carbons (Fsp3) is 0.267. The average molecular weight is 1140 g/mol. The van der Waals surface area contributed by atoms with E-state index in [1.165, 1.54) is 14.2 Å². The zero-order chi connectivity index (χ0) is 56.3. The van der Waals surface area contributed by atoms with Gasteiger partial charge in [-0.15, -0.1) is 0 Å². The molecule has 2 spiro atoms. The molecule has 20 heteroatoms. The van der Waals surface area contributed by atoms with Crippen molar-refractivity contribution in [2.45, 2.75) is 62.8 Å². The van der Waals surface area contributed by atoms with Crippen LogP contribution in [0.5, 0.6) is 0 Å². The standard InChI is InChI=1S/C27H23N5O3.C22H18BrN3O3.C11H17BN2O2/c1-35-26(34)31-15-27(16-31)20-8-4-5-9-22(20)32(25(27)33)14-21-24(18-10-11-23(28)30-13-18)19-7-3-2-6-17(19)12-29-21;1-29-21(28)25-12-22(13-25)16-8-4-5-9-18(16)26(20(22)27)11-17-19(23)15-7-3-2-6-14(15)10-24-17;1-10(2)11(3,4)16-12(15-10)8-5-6-9(13)14-7-8/h2-13H,14-16H2,1H3,(H2,28,30);2-10H,11-13H2,1H3;5-7H,1-4H3,(H2,13,14). The smallest absolute Gasteiger partial charge is 0.453 e. The lowest BCUT2D eigenvalue weighted by Gasteiger charge is -2.45. The molecule has 4 N–H and O–H groups in total. The van der Waals surface area contributed by atoms with Crippen molar-refractivity contribution in [1.82, 2.24) is 29.7 Å². The summed E-state index contributed by atoms with van der Waals surface area (Å²) in [5.41, 5.74) is 17.2. The minimum absolute atomic E-state index is 0.000659. The van der Waals surface area contributed by atoms with E-state index in [4.69, 9.17) is 35.2 Å². The molecule has 13 rings (SSSR count). The van der Waals surface area contributed by atoms with E-state index in [0.717, 1.165) is 76.5 Å². The quantitative estimate of drug-likeness (QED) is 0.149. The van der Waals surface area contributed by atoms with Crippen LogP contribution in [0.4, 0.5) is 32.6 Å². The number of halogens is 1. The molecule has 3 fully saturated rings. The molecule has 4 amide bonds. The SMILES string of the molecule is CC1(C)OB(c2ccc(N)nc2)OC1(C)C.COC(=O)N1CC2(C1)C(=O)N(Cc1ncc3ccccc3c1-c1ccc(N)nc1)c1ccccc12.COC(=O)N1CC2(C1)C(=O)N(Cc1ncc3ccccc3c1Br)c1ccccc12. The van der Waals surface area contributed by atoms with E-state index < -0.39 is 23.0 Å². The number of carbonyl (C=O) groups excluding carboxylic acids is 4. The molecule has 9 heterocycles. The Morgan fingerprint density at radius 3 is 1.52 bits per heavy atom. The Bertz CT molecular complexity index is 3730. The van der Waals surface area contributed by atoms with Crippen LogP contribution in [0.15, 0.2) is 151 Å². The van der Waals surface area contributed by atoms with Crippen LogP contribution in [0.25, 0.3) is 32.7 Å². The van der Waals surface area contributed by atoms with Gasteiger partial charge in [-0.05, 0) is 95.9 Å². The number of anilines is 4. The average Bonchev–Trinajstić information content (AvgIpc) is 4.18. The lowest BCUT2D eigenvalue weighted by atomic mass is 9.75. The number of fused-ring (bicyclic) bond motifs is 6. The number of ether oxygens (including phenoxy) is 2. The Kier molecular flexibility index (Phi) is 13.8. The second kappa shape index (κ2) is 20.6. The number of nitrogens with two attached hydrogens (primary N) is 2. The van der Waals surface area contributed by atoms with Crippen LogP contribution in [0.3, 0.4) is 0 Å². The molecule has 0 atom stereocenters. The lowest BCUT2D eigenvalue weighted by Crippen LogP contribution is -2.65. The van der Waals surface area contributed by atoms with E-state index in [2.05, 4.69) is 30.9 Å². The summed E-state index contributed by atoms with van der Waals surface area (Å²) in [6.07, 6.45) is 6.27. The number of amides is 4. The summed E-state index contributed by atoms with van der Waals surface area (Å²) < 4.78 is 22.3. The molecule has 4 aromatic heterocycles. The Morgan fingerprint density at radius 2 is 1.02 bits per heavy atom. The highest BCUT2D eigenvalue weighted by Crippen LogP contribution is 2.50. The van der Waals surface area contributed by atoms with Crippen LogP contribution >= 0.6 is 15.9 Å². The van der Waals surface area contributed by atoms with Crippen molar-refractivity contribution in [2.75, 3.05) is 61.7 Å². The number of aromatic nitrogens is 4. The van der Waals surface area contributed by atoms with Crippen molar-refractivity contribution in [3.8, 4) is 11.1 Å². The van der Waals surface area contributed by atoms with Crippen molar-refractivity contribution >= 4 is 97.1 Å². The lowest BCUT2D eigenvalue weighted by molar-refractivity contribution is -0.129. The molecule has 0 aliphatic carbocycles. The number of nitrogen functional groups attached to an aromatic ring is 2. The van der Waals surface area contributed by atoms with Gasteiger partial charge >= 0.3 is 19.3 Å². The number of methoxy groups -OCH3 is 2. The van der Waals surface area contributed by atoms with Crippen molar-refractivity contribution in [1.29, 1.82) is 0 Å². The maximum Gasteiger partial charge on any atom is 0.496 e. The monoisotopic (exact) mass is 1140 g/mol. The number of pyridine rings is 4. The first-order chi connectivity index (χ1) is 38.4. The second-order valence-corrected chi connectivity index (χ2v) is 22.3. The van der Waals surface area contributed by atoms with Crippen LogP contribution < -0.4 is 26.7 Å². The third-order valence-corrected chi connectivity index (χ3v) is 17.0. The number of rotatable bonds is 6. The summed E-state index contributed by atoms with van der Waals surface area (Å²) >= 11 is 3.68. The third kappa shape index (κ3) is 9.19. The molecule has 0 bridgehead atoms. The second-order valence-electron chi connectivity index (χ2n) is 21.5. The molecule has 0 radical (unpaired) electrons. The van der Waals surface area contributed by atoms with Crippen LogP contribution in [0.2, 0.25) is 0 Å². The van der Waals surface area contributed by atoms with Gasteiger partial charge in [-0.1, -0.05) is 91.0 Å². The minimum Gasteiger partial charge on any atom is -0.453 e. The van der Waals surface area contributed by atoms with Crippen LogP contribution in [-0.4, -0.2) is 112 Å². The minimum atomic E-state index is -0.759. The number of hydrogen-bond donors (Lipinski definition) is 2. The maximum absolute atomic E-state index is 13.9. The van der Waals surface area contributed by atoms with Gasteiger partial charge in [0.25, 0.3) is 0 Å². The van der Waals surface area contributed by atoms with Crippen LogP contribution in [-0.2, 0) is 52.3 Å².